The first-order valence-corrected chi connectivity index (χ1v) is 7.83. The molecule has 0 bridgehead atoms. The summed E-state index contributed by atoms with van der Waals surface area (Å²) in [5.41, 5.74) is -0.798. The molecule has 6 heteroatoms. The summed E-state index contributed by atoms with van der Waals surface area (Å²) >= 11 is 0. The van der Waals surface area contributed by atoms with Crippen molar-refractivity contribution in [2.45, 2.75) is 57.7 Å². The fraction of sp³-hybridized carbons (Fsp3) is 0.733. The molecular weight excluding hydrogens is 270 g/mol. The summed E-state index contributed by atoms with van der Waals surface area (Å²) in [4.78, 5) is 27.5. The van der Waals surface area contributed by atoms with Crippen molar-refractivity contribution < 1.29 is 5.11 Å². The maximum Gasteiger partial charge on any atom is 0.328 e. The van der Waals surface area contributed by atoms with E-state index in [4.69, 9.17) is 0 Å². The van der Waals surface area contributed by atoms with Gasteiger partial charge in [0.15, 0.2) is 0 Å². The van der Waals surface area contributed by atoms with Gasteiger partial charge in [0, 0.05) is 18.8 Å². The SMILES string of the molecule is CCC[C@@H](O)[C@H](Cn1ccc(=O)[nH]c1=O)N1CCCCC1. The van der Waals surface area contributed by atoms with E-state index in [9.17, 15) is 14.7 Å². The molecule has 1 fully saturated rings. The minimum absolute atomic E-state index is 0.0751. The molecule has 1 aliphatic rings. The molecule has 6 nitrogen and oxygen atoms in total. The normalized spacial score (nSPS) is 19.3. The van der Waals surface area contributed by atoms with E-state index in [0.29, 0.717) is 6.54 Å². The van der Waals surface area contributed by atoms with E-state index in [-0.39, 0.29) is 11.6 Å². The van der Waals surface area contributed by atoms with Gasteiger partial charge in [-0.25, -0.2) is 4.79 Å². The second-order valence-corrected chi connectivity index (χ2v) is 5.78. The summed E-state index contributed by atoms with van der Waals surface area (Å²) in [6.07, 6.45) is 6.19. The van der Waals surface area contributed by atoms with Gasteiger partial charge < -0.3 is 5.11 Å². The standard InChI is InChI=1S/C15H25N3O3/c1-2-6-13(19)12(17-8-4-3-5-9-17)11-18-10-7-14(20)16-15(18)21/h7,10,12-13,19H,2-6,8-9,11H2,1H3,(H,16,20,21)/t12-,13+/m0/s1. The lowest BCUT2D eigenvalue weighted by molar-refractivity contribution is 0.0232. The summed E-state index contributed by atoms with van der Waals surface area (Å²) in [6, 6.07) is 1.27. The highest BCUT2D eigenvalue weighted by Crippen LogP contribution is 2.17. The monoisotopic (exact) mass is 295 g/mol. The second-order valence-electron chi connectivity index (χ2n) is 5.78. The molecule has 0 radical (unpaired) electrons. The van der Waals surface area contributed by atoms with Gasteiger partial charge in [0.25, 0.3) is 5.56 Å². The number of H-pyrrole nitrogens is 1. The molecule has 0 aromatic carbocycles. The zero-order valence-corrected chi connectivity index (χ0v) is 12.6. The Balaban J connectivity index is 2.17. The van der Waals surface area contributed by atoms with Crippen LogP contribution in [0.25, 0.3) is 0 Å². The van der Waals surface area contributed by atoms with Crippen molar-refractivity contribution in [3.8, 4) is 0 Å². The summed E-state index contributed by atoms with van der Waals surface area (Å²) in [5, 5.41) is 10.4. The molecule has 0 unspecified atom stereocenters. The van der Waals surface area contributed by atoms with Crippen LogP contribution in [0, 0.1) is 0 Å². The van der Waals surface area contributed by atoms with Crippen molar-refractivity contribution >= 4 is 0 Å². The Morgan fingerprint density at radius 3 is 2.62 bits per heavy atom. The van der Waals surface area contributed by atoms with Crippen molar-refractivity contribution in [2.24, 2.45) is 0 Å². The zero-order chi connectivity index (χ0) is 15.2. The maximum atomic E-state index is 11.8. The van der Waals surface area contributed by atoms with Gasteiger partial charge in [0.2, 0.25) is 0 Å². The predicted molar refractivity (Wildman–Crippen MR) is 81.4 cm³/mol. The summed E-state index contributed by atoms with van der Waals surface area (Å²) in [5.74, 6) is 0. The number of aliphatic hydroxyl groups is 1. The Labute approximate surface area is 124 Å². The molecule has 1 aromatic heterocycles. The van der Waals surface area contributed by atoms with Crippen LogP contribution >= 0.6 is 0 Å². The first-order valence-electron chi connectivity index (χ1n) is 7.83. The summed E-state index contributed by atoms with van der Waals surface area (Å²) in [6.45, 7) is 4.38. The average Bonchev–Trinajstić information content (AvgIpc) is 2.47. The van der Waals surface area contributed by atoms with Crippen LogP contribution in [-0.4, -0.2) is 44.8 Å². The van der Waals surface area contributed by atoms with Crippen molar-refractivity contribution in [3.05, 3.63) is 33.1 Å². The summed E-state index contributed by atoms with van der Waals surface area (Å²) < 4.78 is 1.49. The van der Waals surface area contributed by atoms with E-state index in [1.54, 1.807) is 0 Å². The van der Waals surface area contributed by atoms with E-state index in [1.807, 2.05) is 6.92 Å². The number of nitrogens with zero attached hydrogens (tertiary/aromatic N) is 2. The number of nitrogens with one attached hydrogen (secondary N) is 1. The Morgan fingerprint density at radius 2 is 2.00 bits per heavy atom. The van der Waals surface area contributed by atoms with Crippen molar-refractivity contribution in [1.82, 2.24) is 14.5 Å². The molecule has 2 atom stereocenters. The van der Waals surface area contributed by atoms with E-state index in [0.717, 1.165) is 38.8 Å². The molecule has 0 amide bonds. The van der Waals surface area contributed by atoms with Gasteiger partial charge in [-0.1, -0.05) is 19.8 Å². The van der Waals surface area contributed by atoms with E-state index in [1.165, 1.54) is 23.3 Å². The molecule has 2 rings (SSSR count). The van der Waals surface area contributed by atoms with Crippen LogP contribution in [0.2, 0.25) is 0 Å². The number of aliphatic hydroxyl groups excluding tert-OH is 1. The van der Waals surface area contributed by atoms with Crippen molar-refractivity contribution in [2.75, 3.05) is 13.1 Å². The molecule has 1 aliphatic heterocycles. The number of likely N-dealkylation sites (tertiary alicyclic amines) is 1. The van der Waals surface area contributed by atoms with Gasteiger partial charge in [-0.2, -0.15) is 0 Å². The largest absolute Gasteiger partial charge is 0.391 e. The van der Waals surface area contributed by atoms with E-state index in [2.05, 4.69) is 9.88 Å². The van der Waals surface area contributed by atoms with Gasteiger partial charge in [-0.05, 0) is 32.4 Å². The van der Waals surface area contributed by atoms with E-state index >= 15 is 0 Å². The molecule has 2 heterocycles. The van der Waals surface area contributed by atoms with Gasteiger partial charge in [-0.3, -0.25) is 19.2 Å². The number of rotatable bonds is 6. The number of aromatic nitrogens is 2. The van der Waals surface area contributed by atoms with Crippen LogP contribution in [0.4, 0.5) is 0 Å². The van der Waals surface area contributed by atoms with Crippen LogP contribution in [-0.2, 0) is 6.54 Å². The zero-order valence-electron chi connectivity index (χ0n) is 12.6. The number of hydrogen-bond acceptors (Lipinski definition) is 4. The smallest absolute Gasteiger partial charge is 0.328 e. The molecule has 21 heavy (non-hydrogen) atoms. The fourth-order valence-electron chi connectivity index (χ4n) is 3.01. The first-order chi connectivity index (χ1) is 10.1. The van der Waals surface area contributed by atoms with Gasteiger partial charge in [0.1, 0.15) is 0 Å². The number of aromatic amines is 1. The highest BCUT2D eigenvalue weighted by molar-refractivity contribution is 4.87. The fourth-order valence-corrected chi connectivity index (χ4v) is 3.01. The molecule has 1 saturated heterocycles. The highest BCUT2D eigenvalue weighted by atomic mass is 16.3. The van der Waals surface area contributed by atoms with Gasteiger partial charge in [-0.15, -0.1) is 0 Å². The minimum atomic E-state index is -0.452. The van der Waals surface area contributed by atoms with Crippen LogP contribution < -0.4 is 11.2 Å². The van der Waals surface area contributed by atoms with Gasteiger partial charge in [0.05, 0.1) is 12.1 Å². The lowest BCUT2D eigenvalue weighted by Crippen LogP contribution is -2.50. The third-order valence-corrected chi connectivity index (χ3v) is 4.17. The Kier molecular flexibility index (Phi) is 5.76. The number of piperidine rings is 1. The Hall–Kier alpha value is -1.40. The average molecular weight is 295 g/mol. The molecular formula is C15H25N3O3. The minimum Gasteiger partial charge on any atom is -0.391 e. The molecule has 2 N–H and O–H groups in total. The van der Waals surface area contributed by atoms with E-state index < -0.39 is 11.8 Å². The second kappa shape index (κ2) is 7.56. The van der Waals surface area contributed by atoms with Crippen LogP contribution in [0.5, 0.6) is 0 Å². The number of hydrogen-bond donors (Lipinski definition) is 2. The molecule has 0 aliphatic carbocycles. The summed E-state index contributed by atoms with van der Waals surface area (Å²) in [7, 11) is 0. The Morgan fingerprint density at radius 1 is 1.29 bits per heavy atom. The maximum absolute atomic E-state index is 11.8. The molecule has 118 valence electrons. The highest BCUT2D eigenvalue weighted by Gasteiger charge is 2.27. The topological polar surface area (TPSA) is 78.3 Å². The lowest BCUT2D eigenvalue weighted by atomic mass is 10.0. The quantitative estimate of drug-likeness (QED) is 0.803. The van der Waals surface area contributed by atoms with Crippen molar-refractivity contribution in [1.29, 1.82) is 0 Å². The van der Waals surface area contributed by atoms with Crippen LogP contribution in [0.1, 0.15) is 39.0 Å². The lowest BCUT2D eigenvalue weighted by Gasteiger charge is -2.37. The Bertz CT molecular complexity index is 546. The van der Waals surface area contributed by atoms with Crippen LogP contribution in [0.15, 0.2) is 21.9 Å². The van der Waals surface area contributed by atoms with Gasteiger partial charge >= 0.3 is 5.69 Å². The molecule has 1 aromatic rings. The third kappa shape index (κ3) is 4.28. The third-order valence-electron chi connectivity index (χ3n) is 4.17. The molecule has 0 spiro atoms. The van der Waals surface area contributed by atoms with Crippen LogP contribution in [0.3, 0.4) is 0 Å². The first kappa shape index (κ1) is 16.0. The predicted octanol–water partition coefficient (Wildman–Crippen LogP) is 0.552. The molecule has 0 saturated carbocycles. The van der Waals surface area contributed by atoms with Crippen molar-refractivity contribution in [3.63, 3.8) is 0 Å².